The summed E-state index contributed by atoms with van der Waals surface area (Å²) < 4.78 is 5.30. The zero-order chi connectivity index (χ0) is 19.1. The molecule has 0 radical (unpaired) electrons. The number of halogens is 1. The van der Waals surface area contributed by atoms with Gasteiger partial charge in [0.2, 0.25) is 0 Å². The van der Waals surface area contributed by atoms with Crippen LogP contribution in [-0.4, -0.2) is 24.1 Å². The molecule has 0 aromatic heterocycles. The lowest BCUT2D eigenvalue weighted by Crippen LogP contribution is -2.39. The van der Waals surface area contributed by atoms with Crippen LogP contribution in [0.15, 0.2) is 40.5 Å². The van der Waals surface area contributed by atoms with Gasteiger partial charge in [0.15, 0.2) is 5.78 Å². The number of hydrogen-bond acceptors (Lipinski definition) is 4. The molecule has 0 amide bonds. The van der Waals surface area contributed by atoms with Gasteiger partial charge in [0.05, 0.1) is 6.61 Å². The van der Waals surface area contributed by atoms with Gasteiger partial charge in [-0.3, -0.25) is 14.6 Å². The fourth-order valence-corrected chi connectivity index (χ4v) is 4.24. The first-order chi connectivity index (χ1) is 12.2. The fraction of sp³-hybridized carbons (Fsp3) is 0.476. The van der Waals surface area contributed by atoms with Crippen molar-refractivity contribution >= 4 is 29.1 Å². The van der Waals surface area contributed by atoms with E-state index in [0.717, 1.165) is 17.7 Å². The number of esters is 1. The SMILES string of the molecule is CCOC(=O)C1C(C)=NC2=C(C(=O)CC(C)(C)C2)[C@@H]1c1cccc(Cl)c1. The number of carbonyl (C=O) groups excluding carboxylic acids is 2. The maximum absolute atomic E-state index is 13.0. The predicted octanol–water partition coefficient (Wildman–Crippen LogP) is 4.72. The number of hydrogen-bond donors (Lipinski definition) is 0. The van der Waals surface area contributed by atoms with Crippen molar-refractivity contribution < 1.29 is 14.3 Å². The Morgan fingerprint density at radius 2 is 2.08 bits per heavy atom. The average Bonchev–Trinajstić information content (AvgIpc) is 2.52. The minimum Gasteiger partial charge on any atom is -0.465 e. The normalized spacial score (nSPS) is 24.8. The minimum absolute atomic E-state index is 0.0618. The third-order valence-corrected chi connectivity index (χ3v) is 5.29. The zero-order valence-electron chi connectivity index (χ0n) is 15.6. The third-order valence-electron chi connectivity index (χ3n) is 5.05. The summed E-state index contributed by atoms with van der Waals surface area (Å²) >= 11 is 6.20. The van der Waals surface area contributed by atoms with E-state index >= 15 is 0 Å². The molecule has 2 atom stereocenters. The van der Waals surface area contributed by atoms with Gasteiger partial charge in [-0.2, -0.15) is 0 Å². The van der Waals surface area contributed by atoms with Gasteiger partial charge in [0.25, 0.3) is 0 Å². The van der Waals surface area contributed by atoms with Crippen molar-refractivity contribution in [2.45, 2.75) is 46.5 Å². The summed E-state index contributed by atoms with van der Waals surface area (Å²) in [6.45, 7) is 8.06. The Morgan fingerprint density at radius 1 is 1.35 bits per heavy atom. The van der Waals surface area contributed by atoms with Crippen LogP contribution in [0.5, 0.6) is 0 Å². The zero-order valence-corrected chi connectivity index (χ0v) is 16.4. The first kappa shape index (κ1) is 18.8. The Labute approximate surface area is 159 Å². The van der Waals surface area contributed by atoms with E-state index < -0.39 is 11.8 Å². The summed E-state index contributed by atoms with van der Waals surface area (Å²) in [4.78, 5) is 30.4. The number of allylic oxidation sites excluding steroid dienone is 2. The molecule has 26 heavy (non-hydrogen) atoms. The van der Waals surface area contributed by atoms with E-state index in [-0.39, 0.29) is 23.8 Å². The summed E-state index contributed by atoms with van der Waals surface area (Å²) in [5, 5.41) is 0.580. The van der Waals surface area contributed by atoms with Crippen LogP contribution in [0, 0.1) is 11.3 Å². The van der Waals surface area contributed by atoms with Crippen LogP contribution in [0.4, 0.5) is 0 Å². The van der Waals surface area contributed by atoms with E-state index in [1.165, 1.54) is 0 Å². The molecule has 0 N–H and O–H groups in total. The highest BCUT2D eigenvalue weighted by atomic mass is 35.5. The molecular formula is C21H24ClNO3. The van der Waals surface area contributed by atoms with Crippen LogP contribution in [-0.2, 0) is 14.3 Å². The van der Waals surface area contributed by atoms with E-state index in [4.69, 9.17) is 16.3 Å². The van der Waals surface area contributed by atoms with Gasteiger partial charge >= 0.3 is 5.97 Å². The summed E-state index contributed by atoms with van der Waals surface area (Å²) in [5.74, 6) is -1.28. The van der Waals surface area contributed by atoms with Gasteiger partial charge in [-0.05, 0) is 43.4 Å². The summed E-state index contributed by atoms with van der Waals surface area (Å²) in [7, 11) is 0. The smallest absolute Gasteiger partial charge is 0.315 e. The molecule has 0 spiro atoms. The molecule has 1 heterocycles. The van der Waals surface area contributed by atoms with Crippen molar-refractivity contribution in [2.75, 3.05) is 6.61 Å². The Kier molecular flexibility index (Phi) is 5.07. The molecule has 0 bridgehead atoms. The van der Waals surface area contributed by atoms with Crippen LogP contribution >= 0.6 is 11.6 Å². The Hall–Kier alpha value is -1.94. The summed E-state index contributed by atoms with van der Waals surface area (Å²) in [5.41, 5.74) is 2.86. The lowest BCUT2D eigenvalue weighted by atomic mass is 9.67. The van der Waals surface area contributed by atoms with Crippen molar-refractivity contribution in [3.05, 3.63) is 46.1 Å². The number of aliphatic imine (C=N–C) groups is 1. The molecule has 1 aliphatic carbocycles. The lowest BCUT2D eigenvalue weighted by molar-refractivity contribution is -0.146. The molecule has 0 saturated heterocycles. The van der Waals surface area contributed by atoms with Crippen molar-refractivity contribution in [2.24, 2.45) is 16.3 Å². The Bertz CT molecular complexity index is 822. The van der Waals surface area contributed by atoms with Crippen LogP contribution in [0.2, 0.25) is 5.02 Å². The highest BCUT2D eigenvalue weighted by Gasteiger charge is 2.45. The van der Waals surface area contributed by atoms with E-state index in [1.807, 2.05) is 25.1 Å². The molecule has 1 aromatic carbocycles. The number of carbonyl (C=O) groups is 2. The van der Waals surface area contributed by atoms with E-state index in [1.54, 1.807) is 13.0 Å². The first-order valence-electron chi connectivity index (χ1n) is 8.97. The maximum atomic E-state index is 13.0. The maximum Gasteiger partial charge on any atom is 0.315 e. The number of rotatable bonds is 3. The number of nitrogens with zero attached hydrogens (tertiary/aromatic N) is 1. The van der Waals surface area contributed by atoms with Crippen molar-refractivity contribution in [3.8, 4) is 0 Å². The number of ketones is 1. The van der Waals surface area contributed by atoms with Gasteiger partial charge in [0.1, 0.15) is 5.92 Å². The van der Waals surface area contributed by atoms with Crippen LogP contribution in [0.25, 0.3) is 0 Å². The number of benzene rings is 1. The molecule has 0 saturated carbocycles. The number of Topliss-reactive ketones (excluding diaryl/α,β-unsaturated/α-hetero) is 1. The molecule has 138 valence electrons. The van der Waals surface area contributed by atoms with Gasteiger partial charge in [-0.15, -0.1) is 0 Å². The topological polar surface area (TPSA) is 55.7 Å². The first-order valence-corrected chi connectivity index (χ1v) is 9.35. The van der Waals surface area contributed by atoms with Crippen molar-refractivity contribution in [1.29, 1.82) is 0 Å². The quantitative estimate of drug-likeness (QED) is 0.720. The standard InChI is InChI=1S/C21H24ClNO3/c1-5-26-20(25)17-12(2)23-15-10-21(3,4)11-16(24)19(15)18(17)13-7-6-8-14(22)9-13/h6-9,17-18H,5,10-11H2,1-4H3/t17?,18-/m1/s1. The fourth-order valence-electron chi connectivity index (χ4n) is 4.04. The molecule has 2 aliphatic rings. The molecule has 3 rings (SSSR count). The van der Waals surface area contributed by atoms with Gasteiger partial charge in [-0.1, -0.05) is 37.6 Å². The monoisotopic (exact) mass is 373 g/mol. The van der Waals surface area contributed by atoms with Gasteiger partial charge < -0.3 is 4.74 Å². The lowest BCUT2D eigenvalue weighted by Gasteiger charge is -2.39. The molecule has 1 aliphatic heterocycles. The Morgan fingerprint density at radius 3 is 2.73 bits per heavy atom. The van der Waals surface area contributed by atoms with Crippen molar-refractivity contribution in [3.63, 3.8) is 0 Å². The highest BCUT2D eigenvalue weighted by Crippen LogP contribution is 2.48. The largest absolute Gasteiger partial charge is 0.465 e. The predicted molar refractivity (Wildman–Crippen MR) is 102 cm³/mol. The molecule has 5 heteroatoms. The second kappa shape index (κ2) is 6.99. The summed E-state index contributed by atoms with van der Waals surface area (Å²) in [6.07, 6.45) is 1.17. The van der Waals surface area contributed by atoms with Crippen LogP contribution < -0.4 is 0 Å². The van der Waals surface area contributed by atoms with Gasteiger partial charge in [-0.25, -0.2) is 0 Å². The van der Waals surface area contributed by atoms with Gasteiger partial charge in [0, 0.05) is 34.3 Å². The van der Waals surface area contributed by atoms with E-state index in [2.05, 4.69) is 18.8 Å². The Balaban J connectivity index is 2.18. The number of ether oxygens (including phenoxy) is 1. The second-order valence-corrected chi connectivity index (χ2v) is 8.25. The average molecular weight is 374 g/mol. The van der Waals surface area contributed by atoms with E-state index in [0.29, 0.717) is 22.7 Å². The molecule has 1 unspecified atom stereocenters. The third kappa shape index (κ3) is 3.48. The molecule has 0 fully saturated rings. The van der Waals surface area contributed by atoms with E-state index in [9.17, 15) is 9.59 Å². The molecule has 1 aromatic rings. The van der Waals surface area contributed by atoms with Crippen LogP contribution in [0.1, 0.15) is 52.0 Å². The molecular weight excluding hydrogens is 350 g/mol. The van der Waals surface area contributed by atoms with Crippen LogP contribution in [0.3, 0.4) is 0 Å². The second-order valence-electron chi connectivity index (χ2n) is 7.82. The minimum atomic E-state index is -0.600. The van der Waals surface area contributed by atoms with Crippen molar-refractivity contribution in [1.82, 2.24) is 0 Å². The molecule has 4 nitrogen and oxygen atoms in total. The summed E-state index contributed by atoms with van der Waals surface area (Å²) in [6, 6.07) is 7.38. The highest BCUT2D eigenvalue weighted by molar-refractivity contribution is 6.30.